The second kappa shape index (κ2) is 10.5. The first-order valence-electron chi connectivity index (χ1n) is 9.47. The molecule has 7 heteroatoms. The molecule has 0 bridgehead atoms. The predicted molar refractivity (Wildman–Crippen MR) is 123 cm³/mol. The van der Waals surface area contributed by atoms with Crippen LogP contribution in [-0.2, 0) is 5.41 Å². The first-order valence-corrected chi connectivity index (χ1v) is 9.47. The lowest BCUT2D eigenvalue weighted by atomic mass is 9.96. The zero-order chi connectivity index (χ0) is 19.1. The van der Waals surface area contributed by atoms with Gasteiger partial charge in [-0.1, -0.05) is 30.3 Å². The van der Waals surface area contributed by atoms with Gasteiger partial charge in [0, 0.05) is 37.7 Å². The molecule has 1 aromatic heterocycles. The average Bonchev–Trinajstić information content (AvgIpc) is 3.37. The van der Waals surface area contributed by atoms with E-state index in [1.807, 2.05) is 6.92 Å². The molecular weight excluding hydrogens is 467 g/mol. The summed E-state index contributed by atoms with van der Waals surface area (Å²) in [5.41, 5.74) is 2.49. The van der Waals surface area contributed by atoms with Crippen molar-refractivity contribution >= 4 is 35.8 Å². The molecule has 152 valence electrons. The summed E-state index contributed by atoms with van der Waals surface area (Å²) in [5, 5.41) is 9.61. The number of nitrogens with one attached hydrogen (secondary N) is 3. The first-order chi connectivity index (χ1) is 13.1. The van der Waals surface area contributed by atoms with Crippen LogP contribution in [0.4, 0.5) is 0 Å². The van der Waals surface area contributed by atoms with Crippen LogP contribution in [0, 0.1) is 6.92 Å². The van der Waals surface area contributed by atoms with Crippen molar-refractivity contribution in [2.24, 2.45) is 4.99 Å². The number of guanidine groups is 1. The van der Waals surface area contributed by atoms with Gasteiger partial charge < -0.3 is 20.4 Å². The van der Waals surface area contributed by atoms with Crippen molar-refractivity contribution in [2.45, 2.75) is 31.6 Å². The molecule has 6 nitrogen and oxygen atoms in total. The largest absolute Gasteiger partial charge is 0.459 e. The van der Waals surface area contributed by atoms with Crippen molar-refractivity contribution in [1.29, 1.82) is 0 Å². The molecule has 2 aromatic rings. The highest BCUT2D eigenvalue weighted by Gasteiger charge is 2.43. The third kappa shape index (κ3) is 5.73. The van der Waals surface area contributed by atoms with Crippen LogP contribution in [0.2, 0.25) is 0 Å². The van der Waals surface area contributed by atoms with Crippen LogP contribution < -0.4 is 16.0 Å². The maximum absolute atomic E-state index is 12.0. The number of carbonyl (C=O) groups excluding carboxylic acids is 1. The first kappa shape index (κ1) is 22.3. The number of aliphatic imine (C=N–C) groups is 1. The Morgan fingerprint density at radius 1 is 1.11 bits per heavy atom. The molecular formula is C21H29IN4O2. The summed E-state index contributed by atoms with van der Waals surface area (Å²) in [6, 6.07) is 12.4. The smallest absolute Gasteiger partial charge is 0.287 e. The number of halogens is 1. The highest BCUT2D eigenvalue weighted by molar-refractivity contribution is 14.0. The minimum atomic E-state index is -0.168. The summed E-state index contributed by atoms with van der Waals surface area (Å²) in [7, 11) is 1.78. The molecule has 1 aliphatic rings. The summed E-state index contributed by atoms with van der Waals surface area (Å²) in [6.45, 7) is 4.05. The number of furan rings is 1. The van der Waals surface area contributed by atoms with Crippen LogP contribution in [-0.4, -0.2) is 38.5 Å². The summed E-state index contributed by atoms with van der Waals surface area (Å²) in [5.74, 6) is 1.01. The fourth-order valence-electron chi connectivity index (χ4n) is 3.17. The number of hydrogen-bond donors (Lipinski definition) is 3. The molecule has 3 N–H and O–H groups in total. The van der Waals surface area contributed by atoms with E-state index in [2.05, 4.69) is 51.3 Å². The Balaban J connectivity index is 0.00000280. The fraction of sp³-hybridized carbons (Fsp3) is 0.429. The number of benzene rings is 1. The van der Waals surface area contributed by atoms with Crippen LogP contribution in [0.15, 0.2) is 52.1 Å². The Morgan fingerprint density at radius 2 is 1.82 bits per heavy atom. The zero-order valence-corrected chi connectivity index (χ0v) is 18.8. The van der Waals surface area contributed by atoms with Gasteiger partial charge in [0.2, 0.25) is 0 Å². The van der Waals surface area contributed by atoms with Gasteiger partial charge in [-0.3, -0.25) is 9.79 Å². The van der Waals surface area contributed by atoms with Crippen molar-refractivity contribution in [1.82, 2.24) is 16.0 Å². The Labute approximate surface area is 183 Å². The summed E-state index contributed by atoms with van der Waals surface area (Å²) in [6.07, 6.45) is 4.75. The third-order valence-corrected chi connectivity index (χ3v) is 5.06. The number of aryl methyl sites for hydroxylation is 1. The molecule has 1 aliphatic carbocycles. The number of rotatable bonds is 8. The Hall–Kier alpha value is -2.03. The van der Waals surface area contributed by atoms with E-state index in [4.69, 9.17) is 4.42 Å². The lowest BCUT2D eigenvalue weighted by Crippen LogP contribution is -2.42. The van der Waals surface area contributed by atoms with Gasteiger partial charge in [0.15, 0.2) is 11.7 Å². The Bertz CT molecular complexity index is 785. The topological polar surface area (TPSA) is 78.7 Å². The third-order valence-electron chi connectivity index (χ3n) is 5.06. The Morgan fingerprint density at radius 3 is 2.43 bits per heavy atom. The molecule has 0 aliphatic heterocycles. The van der Waals surface area contributed by atoms with Gasteiger partial charge in [-0.15, -0.1) is 24.0 Å². The van der Waals surface area contributed by atoms with Crippen LogP contribution in [0.3, 0.4) is 0 Å². The van der Waals surface area contributed by atoms with Gasteiger partial charge in [0.1, 0.15) is 0 Å². The van der Waals surface area contributed by atoms with Crippen LogP contribution in [0.1, 0.15) is 40.9 Å². The molecule has 0 atom stereocenters. The molecule has 1 fully saturated rings. The highest BCUT2D eigenvalue weighted by Crippen LogP contribution is 2.47. The second-order valence-electron chi connectivity index (χ2n) is 7.04. The normalized spacial score (nSPS) is 14.7. The minimum Gasteiger partial charge on any atom is -0.459 e. The number of carbonyl (C=O) groups is 1. The molecule has 3 rings (SSSR count). The summed E-state index contributed by atoms with van der Waals surface area (Å²) in [4.78, 5) is 16.3. The van der Waals surface area contributed by atoms with E-state index in [9.17, 15) is 4.79 Å². The van der Waals surface area contributed by atoms with Gasteiger partial charge in [-0.2, -0.15) is 0 Å². The predicted octanol–water partition coefficient (Wildman–Crippen LogP) is 3.22. The fourth-order valence-corrected chi connectivity index (χ4v) is 3.17. The van der Waals surface area contributed by atoms with Crippen LogP contribution in [0.25, 0.3) is 0 Å². The molecule has 28 heavy (non-hydrogen) atoms. The maximum Gasteiger partial charge on any atom is 0.287 e. The molecule has 1 aromatic carbocycles. The standard InChI is InChI=1S/C21H28N4O2.HI/c1-16-9-14-27-18(16)19(26)23-12-6-13-24-20(22-2)25-15-21(10-11-21)17-7-4-3-5-8-17;/h3-5,7-9,14H,6,10-13,15H2,1-2H3,(H,23,26)(H2,22,24,25);1H. The Kier molecular flexibility index (Phi) is 8.35. The van der Waals surface area contributed by atoms with E-state index >= 15 is 0 Å². The van der Waals surface area contributed by atoms with Gasteiger partial charge >= 0.3 is 0 Å². The second-order valence-corrected chi connectivity index (χ2v) is 7.04. The van der Waals surface area contributed by atoms with E-state index in [1.54, 1.807) is 13.1 Å². The average molecular weight is 496 g/mol. The van der Waals surface area contributed by atoms with Crippen LogP contribution >= 0.6 is 24.0 Å². The maximum atomic E-state index is 12.0. The van der Waals surface area contributed by atoms with E-state index in [0.717, 1.165) is 31.0 Å². The molecule has 0 unspecified atom stereocenters. The van der Waals surface area contributed by atoms with E-state index in [0.29, 0.717) is 12.3 Å². The zero-order valence-electron chi connectivity index (χ0n) is 16.5. The minimum absolute atomic E-state index is 0. The lowest BCUT2D eigenvalue weighted by molar-refractivity contribution is 0.0925. The molecule has 0 radical (unpaired) electrons. The highest BCUT2D eigenvalue weighted by atomic mass is 127. The molecule has 0 spiro atoms. The van der Waals surface area contributed by atoms with Crippen molar-refractivity contribution < 1.29 is 9.21 Å². The van der Waals surface area contributed by atoms with E-state index in [-0.39, 0.29) is 35.3 Å². The van der Waals surface area contributed by atoms with E-state index < -0.39 is 0 Å². The summed E-state index contributed by atoms with van der Waals surface area (Å²) < 4.78 is 5.19. The molecule has 1 heterocycles. The quantitative estimate of drug-likeness (QED) is 0.227. The van der Waals surface area contributed by atoms with Gasteiger partial charge in [0.05, 0.1) is 6.26 Å². The molecule has 0 saturated heterocycles. The number of nitrogens with zero attached hydrogens (tertiary/aromatic N) is 1. The number of hydrogen-bond acceptors (Lipinski definition) is 3. The van der Waals surface area contributed by atoms with Crippen molar-refractivity contribution in [3.8, 4) is 0 Å². The van der Waals surface area contributed by atoms with Crippen molar-refractivity contribution in [3.63, 3.8) is 0 Å². The SMILES string of the molecule is CN=C(NCCCNC(=O)c1occc1C)NCC1(c2ccccc2)CC1.I. The molecule has 1 saturated carbocycles. The van der Waals surface area contributed by atoms with Crippen LogP contribution in [0.5, 0.6) is 0 Å². The van der Waals surface area contributed by atoms with Gasteiger partial charge in [-0.05, 0) is 37.8 Å². The van der Waals surface area contributed by atoms with Gasteiger partial charge in [-0.25, -0.2) is 0 Å². The molecule has 1 amide bonds. The van der Waals surface area contributed by atoms with Crippen molar-refractivity contribution in [3.05, 3.63) is 59.5 Å². The van der Waals surface area contributed by atoms with Gasteiger partial charge in [0.25, 0.3) is 5.91 Å². The monoisotopic (exact) mass is 496 g/mol. The number of amides is 1. The summed E-state index contributed by atoms with van der Waals surface area (Å²) >= 11 is 0. The van der Waals surface area contributed by atoms with Crippen molar-refractivity contribution in [2.75, 3.05) is 26.7 Å². The van der Waals surface area contributed by atoms with E-state index in [1.165, 1.54) is 24.7 Å². The lowest BCUT2D eigenvalue weighted by Gasteiger charge is -2.19.